The van der Waals surface area contributed by atoms with Crippen molar-refractivity contribution in [2.45, 2.75) is 32.0 Å². The fraction of sp³-hybridized carbons (Fsp3) is 0.400. The number of carbonyl (C=O) groups is 2. The first-order chi connectivity index (χ1) is 14.2. The van der Waals surface area contributed by atoms with Crippen LogP contribution in [0.25, 0.3) is 0 Å². The van der Waals surface area contributed by atoms with Gasteiger partial charge in [0.05, 0.1) is 12.6 Å². The molecule has 2 heterocycles. The van der Waals surface area contributed by atoms with Crippen LogP contribution < -0.4 is 10.6 Å². The lowest BCUT2D eigenvalue weighted by molar-refractivity contribution is -0.130. The monoisotopic (exact) mass is 443 g/mol. The molecule has 1 aromatic carbocycles. The lowest BCUT2D eigenvalue weighted by Gasteiger charge is -2.24. The van der Waals surface area contributed by atoms with E-state index in [2.05, 4.69) is 5.32 Å². The van der Waals surface area contributed by atoms with Crippen molar-refractivity contribution in [3.63, 3.8) is 0 Å². The molecule has 1 fully saturated rings. The molecule has 2 amide bonds. The summed E-state index contributed by atoms with van der Waals surface area (Å²) in [5.41, 5.74) is 0.105. The molecule has 0 bridgehead atoms. The second kappa shape index (κ2) is 9.03. The Morgan fingerprint density at radius 3 is 2.73 bits per heavy atom. The molecular weight excluding hydrogens is 422 g/mol. The molecule has 1 atom stereocenters. The van der Waals surface area contributed by atoms with Gasteiger partial charge in [-0.15, -0.1) is 11.3 Å². The van der Waals surface area contributed by atoms with Crippen LogP contribution in [0.15, 0.2) is 29.6 Å². The molecule has 2 aromatic rings. The van der Waals surface area contributed by atoms with Gasteiger partial charge < -0.3 is 15.5 Å². The number of nitrogens with one attached hydrogen (secondary N) is 2. The van der Waals surface area contributed by atoms with Gasteiger partial charge in [-0.25, -0.2) is 4.39 Å². The summed E-state index contributed by atoms with van der Waals surface area (Å²) < 4.78 is 51.1. The van der Waals surface area contributed by atoms with Crippen LogP contribution in [0.4, 0.5) is 23.2 Å². The second-order valence-corrected chi connectivity index (χ2v) is 8.02. The molecule has 3 rings (SSSR count). The number of anilines is 1. The van der Waals surface area contributed by atoms with E-state index in [4.69, 9.17) is 0 Å². The summed E-state index contributed by atoms with van der Waals surface area (Å²) in [5.74, 6) is -1.96. The highest BCUT2D eigenvalue weighted by atomic mass is 32.1. The van der Waals surface area contributed by atoms with E-state index in [9.17, 15) is 27.2 Å². The summed E-state index contributed by atoms with van der Waals surface area (Å²) >= 11 is 1.58. The minimum absolute atomic E-state index is 0.0108. The van der Waals surface area contributed by atoms with Crippen molar-refractivity contribution in [1.82, 2.24) is 10.2 Å². The third-order valence-electron chi connectivity index (χ3n) is 4.93. The van der Waals surface area contributed by atoms with Crippen molar-refractivity contribution in [2.75, 3.05) is 25.0 Å². The summed E-state index contributed by atoms with van der Waals surface area (Å²) in [7, 11) is 0. The number of carbonyl (C=O) groups excluding carboxylic acids is 2. The SMILES string of the molecule is Cc1c(F)cc(C(=O)NCC(F)(F)F)cc1NCC(=O)N1CCCC1c1cccs1. The molecule has 1 unspecified atom stereocenters. The standard InChI is InChI=1S/C20H21F4N3O2S/c1-12-14(21)8-13(19(29)26-11-20(22,23)24)9-15(12)25-10-18(28)27-6-2-4-16(27)17-5-3-7-30-17/h3,5,7-9,16,25H,2,4,6,10-11H2,1H3,(H,26,29). The normalized spacial score (nSPS) is 16.6. The summed E-state index contributed by atoms with van der Waals surface area (Å²) in [6.07, 6.45) is -2.81. The van der Waals surface area contributed by atoms with Crippen molar-refractivity contribution in [2.24, 2.45) is 0 Å². The van der Waals surface area contributed by atoms with Crippen molar-refractivity contribution in [3.8, 4) is 0 Å². The van der Waals surface area contributed by atoms with Gasteiger partial charge in [-0.1, -0.05) is 6.07 Å². The molecule has 0 radical (unpaired) electrons. The zero-order valence-corrected chi connectivity index (χ0v) is 17.0. The Morgan fingerprint density at radius 1 is 1.30 bits per heavy atom. The van der Waals surface area contributed by atoms with E-state index in [1.54, 1.807) is 21.6 Å². The van der Waals surface area contributed by atoms with Gasteiger partial charge in [0.15, 0.2) is 0 Å². The number of thiophene rings is 1. The number of amides is 2. The number of nitrogens with zero attached hydrogens (tertiary/aromatic N) is 1. The van der Waals surface area contributed by atoms with Crippen LogP contribution in [0.3, 0.4) is 0 Å². The van der Waals surface area contributed by atoms with Gasteiger partial charge in [0.25, 0.3) is 5.91 Å². The fourth-order valence-corrected chi connectivity index (χ4v) is 4.26. The predicted octanol–water partition coefficient (Wildman–Crippen LogP) is 4.26. The van der Waals surface area contributed by atoms with E-state index >= 15 is 0 Å². The van der Waals surface area contributed by atoms with Crippen LogP contribution >= 0.6 is 11.3 Å². The highest BCUT2D eigenvalue weighted by Gasteiger charge is 2.31. The van der Waals surface area contributed by atoms with Crippen molar-refractivity contribution in [3.05, 3.63) is 51.5 Å². The first-order valence-corrected chi connectivity index (χ1v) is 10.3. The highest BCUT2D eigenvalue weighted by molar-refractivity contribution is 7.10. The smallest absolute Gasteiger partial charge is 0.376 e. The third kappa shape index (κ3) is 5.29. The molecule has 162 valence electrons. The Bertz CT molecular complexity index is 916. The Hall–Kier alpha value is -2.62. The minimum atomic E-state index is -4.57. The Balaban J connectivity index is 1.68. The van der Waals surface area contributed by atoms with Crippen LogP contribution in [0, 0.1) is 12.7 Å². The van der Waals surface area contributed by atoms with Gasteiger partial charge in [0.1, 0.15) is 12.4 Å². The predicted molar refractivity (Wildman–Crippen MR) is 106 cm³/mol. The number of likely N-dealkylation sites (tertiary alicyclic amines) is 1. The molecule has 0 saturated carbocycles. The maximum atomic E-state index is 14.2. The minimum Gasteiger partial charge on any atom is -0.376 e. The van der Waals surface area contributed by atoms with Gasteiger partial charge in [0, 0.05) is 28.2 Å². The number of rotatable bonds is 6. The van der Waals surface area contributed by atoms with Crippen LogP contribution in [0.1, 0.15) is 39.7 Å². The largest absolute Gasteiger partial charge is 0.405 e. The van der Waals surface area contributed by atoms with Gasteiger partial charge in [-0.05, 0) is 43.3 Å². The van der Waals surface area contributed by atoms with Crippen LogP contribution in [0.5, 0.6) is 0 Å². The second-order valence-electron chi connectivity index (χ2n) is 7.04. The maximum Gasteiger partial charge on any atom is 0.405 e. The Kier molecular flexibility index (Phi) is 6.64. The first kappa shape index (κ1) is 22.1. The zero-order chi connectivity index (χ0) is 21.9. The number of alkyl halides is 3. The van der Waals surface area contributed by atoms with E-state index in [1.807, 2.05) is 17.5 Å². The highest BCUT2D eigenvalue weighted by Crippen LogP contribution is 2.34. The van der Waals surface area contributed by atoms with Gasteiger partial charge in [0.2, 0.25) is 5.91 Å². The van der Waals surface area contributed by atoms with E-state index in [0.717, 1.165) is 23.8 Å². The maximum absolute atomic E-state index is 14.2. The molecule has 1 aliphatic heterocycles. The van der Waals surface area contributed by atoms with Crippen LogP contribution in [0.2, 0.25) is 0 Å². The van der Waals surface area contributed by atoms with E-state index < -0.39 is 24.4 Å². The van der Waals surface area contributed by atoms with Crippen molar-refractivity contribution >= 4 is 28.8 Å². The molecule has 1 saturated heterocycles. The summed E-state index contributed by atoms with van der Waals surface area (Å²) in [6, 6.07) is 6.05. The van der Waals surface area contributed by atoms with Gasteiger partial charge in [-0.2, -0.15) is 13.2 Å². The lowest BCUT2D eigenvalue weighted by Crippen LogP contribution is -2.35. The van der Waals surface area contributed by atoms with Crippen molar-refractivity contribution in [1.29, 1.82) is 0 Å². The third-order valence-corrected chi connectivity index (χ3v) is 5.90. The quantitative estimate of drug-likeness (QED) is 0.656. The molecular formula is C20H21F4N3O2S. The van der Waals surface area contributed by atoms with Crippen LogP contribution in [-0.4, -0.2) is 42.5 Å². The number of halogens is 4. The molecule has 10 heteroatoms. The van der Waals surface area contributed by atoms with E-state index in [1.165, 1.54) is 13.0 Å². The zero-order valence-electron chi connectivity index (χ0n) is 16.2. The topological polar surface area (TPSA) is 61.4 Å². The first-order valence-electron chi connectivity index (χ1n) is 9.37. The molecule has 1 aromatic heterocycles. The summed E-state index contributed by atoms with van der Waals surface area (Å²) in [4.78, 5) is 27.5. The van der Waals surface area contributed by atoms with Gasteiger partial charge >= 0.3 is 6.18 Å². The summed E-state index contributed by atoms with van der Waals surface area (Å²) in [5, 5.41) is 6.50. The van der Waals surface area contributed by atoms with E-state index in [0.29, 0.717) is 6.54 Å². The number of hydrogen-bond donors (Lipinski definition) is 2. The van der Waals surface area contributed by atoms with Gasteiger partial charge in [-0.3, -0.25) is 9.59 Å². The molecule has 30 heavy (non-hydrogen) atoms. The summed E-state index contributed by atoms with van der Waals surface area (Å²) in [6.45, 7) is 0.456. The lowest BCUT2D eigenvalue weighted by atomic mass is 10.1. The fourth-order valence-electron chi connectivity index (χ4n) is 3.39. The molecule has 5 nitrogen and oxygen atoms in total. The average Bonchev–Trinajstić information content (AvgIpc) is 3.37. The Labute approximate surface area is 175 Å². The average molecular weight is 443 g/mol. The molecule has 0 aliphatic carbocycles. The molecule has 1 aliphatic rings. The number of benzene rings is 1. The molecule has 2 N–H and O–H groups in total. The van der Waals surface area contributed by atoms with E-state index in [-0.39, 0.29) is 35.3 Å². The Morgan fingerprint density at radius 2 is 2.07 bits per heavy atom. The number of hydrogen-bond acceptors (Lipinski definition) is 4. The van der Waals surface area contributed by atoms with Crippen LogP contribution in [-0.2, 0) is 4.79 Å². The molecule has 0 spiro atoms. The van der Waals surface area contributed by atoms with Crippen molar-refractivity contribution < 1.29 is 27.2 Å².